The zero-order valence-electron chi connectivity index (χ0n) is 12.8. The van der Waals surface area contributed by atoms with Gasteiger partial charge in [0, 0.05) is 33.0 Å². The maximum Gasteiger partial charge on any atom is 0.410 e. The largest absolute Gasteiger partial charge is 0.444 e. The molecular weight excluding hydrogens is 258 g/mol. The number of carbonyl (C=O) groups excluding carboxylic acids is 1. The average molecular weight is 281 g/mol. The second-order valence-corrected chi connectivity index (χ2v) is 6.35. The van der Waals surface area contributed by atoms with Crippen LogP contribution in [0.4, 0.5) is 4.79 Å². The lowest BCUT2D eigenvalue weighted by Gasteiger charge is -2.48. The topological polar surface area (TPSA) is 56.6 Å². The van der Waals surface area contributed by atoms with E-state index < -0.39 is 5.60 Å². The minimum absolute atomic E-state index is 0.287. The van der Waals surface area contributed by atoms with Gasteiger partial charge in [-0.3, -0.25) is 0 Å². The number of ether oxygens (including phenoxy) is 2. The summed E-state index contributed by atoms with van der Waals surface area (Å²) in [7, 11) is 3.63. The molecule has 1 aliphatic rings. The number of carbonyl (C=O) groups is 1. The standard InChI is InChI=1S/C14H23N3O3/c1-13(2,3)20-12(18)17-9-14(10-17,19-5)8-11-15-6-7-16(11)4/h6-7H,8-10H2,1-5H3. The Labute approximate surface area is 119 Å². The van der Waals surface area contributed by atoms with E-state index in [0.717, 1.165) is 5.82 Å². The number of aromatic nitrogens is 2. The summed E-state index contributed by atoms with van der Waals surface area (Å²) >= 11 is 0. The lowest BCUT2D eigenvalue weighted by molar-refractivity contribution is -0.121. The van der Waals surface area contributed by atoms with E-state index in [9.17, 15) is 4.79 Å². The Kier molecular flexibility index (Phi) is 3.77. The average Bonchev–Trinajstić information content (AvgIpc) is 2.66. The lowest BCUT2D eigenvalue weighted by Crippen LogP contribution is -2.66. The van der Waals surface area contributed by atoms with Crippen LogP contribution in [0.15, 0.2) is 12.4 Å². The first-order valence-corrected chi connectivity index (χ1v) is 6.74. The molecule has 0 aromatic carbocycles. The highest BCUT2D eigenvalue weighted by Gasteiger charge is 2.47. The Morgan fingerprint density at radius 1 is 1.45 bits per heavy atom. The Bertz CT molecular complexity index is 484. The van der Waals surface area contributed by atoms with Gasteiger partial charge in [0.15, 0.2) is 0 Å². The maximum atomic E-state index is 11.9. The number of methoxy groups -OCH3 is 1. The molecule has 112 valence electrons. The van der Waals surface area contributed by atoms with Crippen LogP contribution in [0.5, 0.6) is 0 Å². The molecule has 1 amide bonds. The number of hydrogen-bond acceptors (Lipinski definition) is 4. The number of aryl methyl sites for hydroxylation is 1. The fourth-order valence-corrected chi connectivity index (χ4v) is 2.27. The van der Waals surface area contributed by atoms with Crippen molar-refractivity contribution in [1.29, 1.82) is 0 Å². The van der Waals surface area contributed by atoms with Gasteiger partial charge in [-0.1, -0.05) is 0 Å². The van der Waals surface area contributed by atoms with Crippen molar-refractivity contribution in [1.82, 2.24) is 14.5 Å². The molecule has 0 bridgehead atoms. The molecule has 1 aromatic heterocycles. The third kappa shape index (κ3) is 3.12. The van der Waals surface area contributed by atoms with Gasteiger partial charge in [0.25, 0.3) is 0 Å². The third-order valence-electron chi connectivity index (χ3n) is 3.44. The molecule has 1 aliphatic heterocycles. The normalized spacial score (nSPS) is 17.8. The molecular formula is C14H23N3O3. The van der Waals surface area contributed by atoms with Crippen LogP contribution in [0.3, 0.4) is 0 Å². The molecule has 0 spiro atoms. The van der Waals surface area contributed by atoms with Crippen molar-refractivity contribution in [3.63, 3.8) is 0 Å². The van der Waals surface area contributed by atoms with Crippen LogP contribution in [-0.2, 0) is 22.9 Å². The number of rotatable bonds is 3. The Morgan fingerprint density at radius 3 is 2.55 bits per heavy atom. The molecule has 0 unspecified atom stereocenters. The van der Waals surface area contributed by atoms with E-state index in [2.05, 4.69) is 4.98 Å². The van der Waals surface area contributed by atoms with Gasteiger partial charge >= 0.3 is 6.09 Å². The van der Waals surface area contributed by atoms with Gasteiger partial charge in [-0.25, -0.2) is 9.78 Å². The molecule has 0 radical (unpaired) electrons. The number of nitrogens with zero attached hydrogens (tertiary/aromatic N) is 3. The monoisotopic (exact) mass is 281 g/mol. The summed E-state index contributed by atoms with van der Waals surface area (Å²) in [5.41, 5.74) is -0.821. The van der Waals surface area contributed by atoms with Gasteiger partial charge in [0.1, 0.15) is 17.0 Å². The summed E-state index contributed by atoms with van der Waals surface area (Å²) in [4.78, 5) is 17.9. The molecule has 0 saturated carbocycles. The molecule has 2 rings (SSSR count). The van der Waals surface area contributed by atoms with Gasteiger partial charge in [-0.2, -0.15) is 0 Å². The highest BCUT2D eigenvalue weighted by molar-refractivity contribution is 5.69. The van der Waals surface area contributed by atoms with Crippen LogP contribution < -0.4 is 0 Å². The predicted molar refractivity (Wildman–Crippen MR) is 74.5 cm³/mol. The number of amides is 1. The van der Waals surface area contributed by atoms with Crippen molar-refractivity contribution in [2.45, 2.75) is 38.4 Å². The van der Waals surface area contributed by atoms with Crippen molar-refractivity contribution in [2.75, 3.05) is 20.2 Å². The van der Waals surface area contributed by atoms with Crippen LogP contribution in [0, 0.1) is 0 Å². The SMILES string of the molecule is COC1(Cc2nccn2C)CN(C(=O)OC(C)(C)C)C1. The molecule has 0 N–H and O–H groups in total. The number of hydrogen-bond donors (Lipinski definition) is 0. The van der Waals surface area contributed by atoms with E-state index in [1.54, 1.807) is 18.2 Å². The van der Waals surface area contributed by atoms with E-state index in [1.165, 1.54) is 0 Å². The minimum Gasteiger partial charge on any atom is -0.444 e. The van der Waals surface area contributed by atoms with Crippen LogP contribution >= 0.6 is 0 Å². The smallest absolute Gasteiger partial charge is 0.410 e. The molecule has 1 fully saturated rings. The van der Waals surface area contributed by atoms with Gasteiger partial charge < -0.3 is 18.9 Å². The first-order valence-electron chi connectivity index (χ1n) is 6.74. The number of likely N-dealkylation sites (tertiary alicyclic amines) is 1. The van der Waals surface area contributed by atoms with E-state index in [-0.39, 0.29) is 11.7 Å². The van der Waals surface area contributed by atoms with Crippen molar-refractivity contribution >= 4 is 6.09 Å². The fourth-order valence-electron chi connectivity index (χ4n) is 2.27. The van der Waals surface area contributed by atoms with Crippen LogP contribution in [0.1, 0.15) is 26.6 Å². The zero-order valence-corrected chi connectivity index (χ0v) is 12.8. The summed E-state index contributed by atoms with van der Waals surface area (Å²) in [5.74, 6) is 0.954. The fraction of sp³-hybridized carbons (Fsp3) is 0.714. The second-order valence-electron chi connectivity index (χ2n) is 6.35. The third-order valence-corrected chi connectivity index (χ3v) is 3.44. The summed E-state index contributed by atoms with van der Waals surface area (Å²) in [6.07, 6.45) is 4.07. The molecule has 0 atom stereocenters. The summed E-state index contributed by atoms with van der Waals surface area (Å²) in [6.45, 7) is 6.66. The minimum atomic E-state index is -0.470. The van der Waals surface area contributed by atoms with E-state index in [1.807, 2.05) is 38.6 Å². The van der Waals surface area contributed by atoms with E-state index in [0.29, 0.717) is 19.5 Å². The summed E-state index contributed by atoms with van der Waals surface area (Å²) in [5, 5.41) is 0. The highest BCUT2D eigenvalue weighted by Crippen LogP contribution is 2.29. The van der Waals surface area contributed by atoms with Crippen LogP contribution in [0.25, 0.3) is 0 Å². The van der Waals surface area contributed by atoms with E-state index in [4.69, 9.17) is 9.47 Å². The lowest BCUT2D eigenvalue weighted by atomic mass is 9.90. The van der Waals surface area contributed by atoms with Gasteiger partial charge in [-0.15, -0.1) is 0 Å². The second kappa shape index (κ2) is 5.09. The molecule has 6 nitrogen and oxygen atoms in total. The van der Waals surface area contributed by atoms with Gasteiger partial charge in [0.05, 0.1) is 13.1 Å². The molecule has 20 heavy (non-hydrogen) atoms. The Morgan fingerprint density at radius 2 is 2.10 bits per heavy atom. The highest BCUT2D eigenvalue weighted by atomic mass is 16.6. The van der Waals surface area contributed by atoms with Crippen molar-refractivity contribution in [2.24, 2.45) is 7.05 Å². The van der Waals surface area contributed by atoms with Crippen molar-refractivity contribution < 1.29 is 14.3 Å². The first-order chi connectivity index (χ1) is 9.25. The van der Waals surface area contributed by atoms with Crippen LogP contribution in [0.2, 0.25) is 0 Å². The van der Waals surface area contributed by atoms with Crippen molar-refractivity contribution in [3.8, 4) is 0 Å². The molecule has 6 heteroatoms. The zero-order chi connectivity index (χ0) is 15.0. The maximum absolute atomic E-state index is 11.9. The summed E-state index contributed by atoms with van der Waals surface area (Å²) in [6, 6.07) is 0. The Hall–Kier alpha value is -1.56. The quantitative estimate of drug-likeness (QED) is 0.844. The van der Waals surface area contributed by atoms with Gasteiger partial charge in [-0.05, 0) is 20.8 Å². The van der Waals surface area contributed by atoms with E-state index >= 15 is 0 Å². The molecule has 1 aromatic rings. The van der Waals surface area contributed by atoms with Crippen LogP contribution in [-0.4, -0.2) is 51.9 Å². The predicted octanol–water partition coefficient (Wildman–Crippen LogP) is 1.60. The molecule has 1 saturated heterocycles. The van der Waals surface area contributed by atoms with Crippen molar-refractivity contribution in [3.05, 3.63) is 18.2 Å². The summed E-state index contributed by atoms with van der Waals surface area (Å²) < 4.78 is 12.9. The molecule has 0 aliphatic carbocycles. The molecule has 2 heterocycles. The first kappa shape index (κ1) is 14.8. The number of imidazole rings is 1. The van der Waals surface area contributed by atoms with Gasteiger partial charge in [0.2, 0.25) is 0 Å². The Balaban J connectivity index is 1.94.